The highest BCUT2D eigenvalue weighted by atomic mass is 35.5. The van der Waals surface area contributed by atoms with Crippen molar-refractivity contribution in [3.05, 3.63) is 95.3 Å². The van der Waals surface area contributed by atoms with E-state index in [4.69, 9.17) is 21.3 Å². The summed E-state index contributed by atoms with van der Waals surface area (Å²) in [4.78, 5) is 17.1. The van der Waals surface area contributed by atoms with Crippen molar-refractivity contribution in [3.8, 4) is 5.75 Å². The van der Waals surface area contributed by atoms with E-state index in [1.165, 1.54) is 0 Å². The molecule has 0 radical (unpaired) electrons. The summed E-state index contributed by atoms with van der Waals surface area (Å²) in [6.07, 6.45) is 3.53. The topological polar surface area (TPSA) is 56.2 Å². The van der Waals surface area contributed by atoms with Gasteiger partial charge in [0.05, 0.1) is 22.7 Å². The number of nitrogens with zero attached hydrogens (tertiary/aromatic N) is 2. The van der Waals surface area contributed by atoms with E-state index in [0.717, 1.165) is 54.8 Å². The summed E-state index contributed by atoms with van der Waals surface area (Å²) < 4.78 is 8.11. The van der Waals surface area contributed by atoms with Crippen LogP contribution in [-0.2, 0) is 13.0 Å². The molecular weight excluding hydrogens is 434 g/mol. The molecule has 4 rings (SSSR count). The lowest BCUT2D eigenvalue weighted by Crippen LogP contribution is -2.24. The largest absolute Gasteiger partial charge is 0.492 e. The number of halogens is 1. The second-order valence-electron chi connectivity index (χ2n) is 7.88. The van der Waals surface area contributed by atoms with E-state index in [1.807, 2.05) is 72.8 Å². The molecule has 3 aromatic carbocycles. The number of imidazole rings is 1. The second kappa shape index (κ2) is 11.5. The molecule has 4 aromatic rings. The van der Waals surface area contributed by atoms with Crippen LogP contribution < -0.4 is 10.1 Å². The third-order valence-electron chi connectivity index (χ3n) is 5.50. The Morgan fingerprint density at radius 1 is 0.909 bits per heavy atom. The van der Waals surface area contributed by atoms with Crippen LogP contribution in [0.2, 0.25) is 5.02 Å². The number of fused-ring (bicyclic) bond motifs is 1. The standard InChI is InChI=1S/C27H28ClN3O2/c28-22-13-4-7-16-25(22)33-20-9-8-19-31-24-15-6-5-14-23(24)30-26(31)17-10-18-29-27(32)21-11-2-1-3-12-21/h1-7,11-16H,8-10,17-20H2,(H,29,32). The Bertz CT molecular complexity index is 1190. The van der Waals surface area contributed by atoms with Gasteiger partial charge >= 0.3 is 0 Å². The van der Waals surface area contributed by atoms with Crippen molar-refractivity contribution in [2.45, 2.75) is 32.2 Å². The zero-order chi connectivity index (χ0) is 22.9. The van der Waals surface area contributed by atoms with E-state index in [-0.39, 0.29) is 5.91 Å². The van der Waals surface area contributed by atoms with Gasteiger partial charge in [0, 0.05) is 25.1 Å². The van der Waals surface area contributed by atoms with Crippen molar-refractivity contribution in [1.82, 2.24) is 14.9 Å². The normalized spacial score (nSPS) is 10.9. The van der Waals surface area contributed by atoms with Crippen molar-refractivity contribution in [2.24, 2.45) is 0 Å². The molecule has 6 heteroatoms. The molecule has 0 unspecified atom stereocenters. The number of carbonyl (C=O) groups is 1. The molecule has 33 heavy (non-hydrogen) atoms. The maximum atomic E-state index is 12.2. The van der Waals surface area contributed by atoms with Crippen LogP contribution in [0, 0.1) is 0 Å². The Balaban J connectivity index is 1.30. The highest BCUT2D eigenvalue weighted by Crippen LogP contribution is 2.23. The average Bonchev–Trinajstić information content (AvgIpc) is 3.20. The van der Waals surface area contributed by atoms with Crippen LogP contribution in [0.15, 0.2) is 78.9 Å². The molecule has 1 N–H and O–H groups in total. The van der Waals surface area contributed by atoms with Crippen LogP contribution in [0.3, 0.4) is 0 Å². The van der Waals surface area contributed by atoms with E-state index in [0.29, 0.717) is 23.7 Å². The number of benzene rings is 3. The number of amides is 1. The van der Waals surface area contributed by atoms with Crippen LogP contribution in [0.4, 0.5) is 0 Å². The first-order chi connectivity index (χ1) is 16.2. The van der Waals surface area contributed by atoms with E-state index in [1.54, 1.807) is 0 Å². The summed E-state index contributed by atoms with van der Waals surface area (Å²) in [6, 6.07) is 25.1. The van der Waals surface area contributed by atoms with E-state index >= 15 is 0 Å². The van der Waals surface area contributed by atoms with Crippen LogP contribution >= 0.6 is 11.6 Å². The van der Waals surface area contributed by atoms with Crippen LogP contribution in [0.5, 0.6) is 5.75 Å². The molecule has 0 saturated heterocycles. The third-order valence-corrected chi connectivity index (χ3v) is 5.81. The van der Waals surface area contributed by atoms with Crippen LogP contribution in [-0.4, -0.2) is 28.6 Å². The maximum Gasteiger partial charge on any atom is 0.251 e. The van der Waals surface area contributed by atoms with Gasteiger partial charge < -0.3 is 14.6 Å². The third kappa shape index (κ3) is 6.14. The quantitative estimate of drug-likeness (QED) is 0.282. The SMILES string of the molecule is O=C(NCCCc1nc2ccccc2n1CCCCOc1ccccc1Cl)c1ccccc1. The number of hydrogen-bond donors (Lipinski definition) is 1. The van der Waals surface area contributed by atoms with Gasteiger partial charge in [0.25, 0.3) is 5.91 Å². The van der Waals surface area contributed by atoms with Gasteiger partial charge in [-0.1, -0.05) is 54.1 Å². The fourth-order valence-corrected chi connectivity index (χ4v) is 4.01. The zero-order valence-corrected chi connectivity index (χ0v) is 19.3. The maximum absolute atomic E-state index is 12.2. The first kappa shape index (κ1) is 22.9. The van der Waals surface area contributed by atoms with Gasteiger partial charge in [-0.3, -0.25) is 4.79 Å². The van der Waals surface area contributed by atoms with Gasteiger partial charge in [-0.2, -0.15) is 0 Å². The van der Waals surface area contributed by atoms with E-state index < -0.39 is 0 Å². The molecule has 170 valence electrons. The number of aromatic nitrogens is 2. The lowest BCUT2D eigenvalue weighted by atomic mass is 10.2. The molecule has 0 atom stereocenters. The van der Waals surface area contributed by atoms with Gasteiger partial charge in [0.2, 0.25) is 0 Å². The number of para-hydroxylation sites is 3. The van der Waals surface area contributed by atoms with Gasteiger partial charge in [-0.05, 0) is 55.7 Å². The molecule has 1 heterocycles. The summed E-state index contributed by atoms with van der Waals surface area (Å²) in [6.45, 7) is 2.11. The molecule has 1 amide bonds. The van der Waals surface area contributed by atoms with Crippen molar-refractivity contribution < 1.29 is 9.53 Å². The van der Waals surface area contributed by atoms with Crippen molar-refractivity contribution in [2.75, 3.05) is 13.2 Å². The Kier molecular flexibility index (Phi) is 7.99. The fraction of sp³-hybridized carbons (Fsp3) is 0.259. The van der Waals surface area contributed by atoms with Gasteiger partial charge in [0.15, 0.2) is 0 Å². The predicted octanol–water partition coefficient (Wildman–Crippen LogP) is 5.91. The smallest absolute Gasteiger partial charge is 0.251 e. The number of rotatable bonds is 11. The first-order valence-corrected chi connectivity index (χ1v) is 11.7. The van der Waals surface area contributed by atoms with Crippen LogP contribution in [0.25, 0.3) is 11.0 Å². The summed E-state index contributed by atoms with van der Waals surface area (Å²) in [5.41, 5.74) is 2.84. The Morgan fingerprint density at radius 2 is 1.67 bits per heavy atom. The number of aryl methyl sites for hydroxylation is 2. The summed E-state index contributed by atoms with van der Waals surface area (Å²) in [5.74, 6) is 1.74. The van der Waals surface area contributed by atoms with Crippen molar-refractivity contribution in [1.29, 1.82) is 0 Å². The number of unbranched alkanes of at least 4 members (excludes halogenated alkanes) is 1. The molecular formula is C27H28ClN3O2. The van der Waals surface area contributed by atoms with Crippen molar-refractivity contribution >= 4 is 28.5 Å². The molecule has 0 spiro atoms. The molecule has 1 aromatic heterocycles. The predicted molar refractivity (Wildman–Crippen MR) is 133 cm³/mol. The van der Waals surface area contributed by atoms with Gasteiger partial charge in [-0.25, -0.2) is 4.98 Å². The number of hydrogen-bond acceptors (Lipinski definition) is 3. The van der Waals surface area contributed by atoms with E-state index in [9.17, 15) is 4.79 Å². The molecule has 0 aliphatic heterocycles. The molecule has 0 saturated carbocycles. The minimum atomic E-state index is -0.0392. The Labute approximate surface area is 199 Å². The number of nitrogens with one attached hydrogen (secondary N) is 1. The Morgan fingerprint density at radius 3 is 2.52 bits per heavy atom. The fourth-order valence-electron chi connectivity index (χ4n) is 3.82. The first-order valence-electron chi connectivity index (χ1n) is 11.4. The summed E-state index contributed by atoms with van der Waals surface area (Å²) >= 11 is 6.16. The number of ether oxygens (including phenoxy) is 1. The highest BCUT2D eigenvalue weighted by Gasteiger charge is 2.11. The van der Waals surface area contributed by atoms with E-state index in [2.05, 4.69) is 16.0 Å². The lowest BCUT2D eigenvalue weighted by molar-refractivity contribution is 0.0953. The molecule has 0 aliphatic rings. The minimum Gasteiger partial charge on any atom is -0.492 e. The molecule has 0 aliphatic carbocycles. The van der Waals surface area contributed by atoms with Crippen LogP contribution in [0.1, 0.15) is 35.4 Å². The summed E-state index contributed by atoms with van der Waals surface area (Å²) in [7, 11) is 0. The van der Waals surface area contributed by atoms with Gasteiger partial charge in [-0.15, -0.1) is 0 Å². The molecule has 5 nitrogen and oxygen atoms in total. The molecule has 0 fully saturated rings. The average molecular weight is 462 g/mol. The monoisotopic (exact) mass is 461 g/mol. The second-order valence-corrected chi connectivity index (χ2v) is 8.29. The highest BCUT2D eigenvalue weighted by molar-refractivity contribution is 6.32. The Hall–Kier alpha value is -3.31. The van der Waals surface area contributed by atoms with Gasteiger partial charge in [0.1, 0.15) is 11.6 Å². The molecule has 0 bridgehead atoms. The summed E-state index contributed by atoms with van der Waals surface area (Å²) in [5, 5.41) is 3.64. The lowest BCUT2D eigenvalue weighted by Gasteiger charge is -2.11. The number of carbonyl (C=O) groups excluding carboxylic acids is 1. The minimum absolute atomic E-state index is 0.0392. The van der Waals surface area contributed by atoms with Crippen molar-refractivity contribution in [3.63, 3.8) is 0 Å². The zero-order valence-electron chi connectivity index (χ0n) is 18.5.